The van der Waals surface area contributed by atoms with Gasteiger partial charge in [0.05, 0.1) is 5.39 Å². The molecule has 3 N–H and O–H groups in total. The molecule has 0 spiro atoms. The van der Waals surface area contributed by atoms with Crippen LogP contribution in [0, 0.1) is 5.82 Å². The third-order valence-corrected chi connectivity index (χ3v) is 5.60. The maximum atomic E-state index is 14.8. The van der Waals surface area contributed by atoms with Gasteiger partial charge in [0.1, 0.15) is 11.9 Å². The number of nitrogens with one attached hydrogen (secondary N) is 2. The molecular formula is C17H12FN7O4S. The molecule has 0 bridgehead atoms. The Kier molecular flexibility index (Phi) is 3.99. The highest BCUT2D eigenvalue weighted by Gasteiger charge is 2.33. The molecule has 0 radical (unpaired) electrons. The molecule has 5 rings (SSSR count). The average molecular weight is 429 g/mol. The first-order valence-corrected chi connectivity index (χ1v) is 9.48. The minimum atomic E-state index is -1.43. The van der Waals surface area contributed by atoms with E-state index in [0.717, 1.165) is 23.8 Å². The molecule has 4 aromatic rings. The molecule has 0 atom stereocenters. The first-order chi connectivity index (χ1) is 14.4. The number of aromatic nitrogens is 6. The molecule has 1 aliphatic rings. The van der Waals surface area contributed by atoms with Crippen molar-refractivity contribution in [3.8, 4) is 5.13 Å². The van der Waals surface area contributed by atoms with Crippen LogP contribution < -0.4 is 15.9 Å². The molecule has 0 unspecified atom stereocenters. The van der Waals surface area contributed by atoms with E-state index >= 15 is 0 Å². The fourth-order valence-corrected chi connectivity index (χ4v) is 3.93. The SMILES string of the molecule is O=C(O)c1cn(-c2ncns2)c2nc(N3CC(c4cc(=O)[nH][nH]4)C3)c(F)cc2c1=O. The lowest BCUT2D eigenvalue weighted by Gasteiger charge is -2.39. The van der Waals surface area contributed by atoms with E-state index in [-0.39, 0.29) is 28.3 Å². The molecule has 5 heterocycles. The number of hydrogen-bond acceptors (Lipinski definition) is 8. The van der Waals surface area contributed by atoms with Gasteiger partial charge in [-0.15, -0.1) is 0 Å². The van der Waals surface area contributed by atoms with Gasteiger partial charge in [-0.2, -0.15) is 4.37 Å². The number of H-pyrrole nitrogens is 2. The third kappa shape index (κ3) is 2.78. The summed E-state index contributed by atoms with van der Waals surface area (Å²) in [6.07, 6.45) is 2.40. The van der Waals surface area contributed by atoms with Crippen molar-refractivity contribution in [1.29, 1.82) is 0 Å². The van der Waals surface area contributed by atoms with Gasteiger partial charge in [0, 0.05) is 48.5 Å². The van der Waals surface area contributed by atoms with Crippen molar-refractivity contribution in [1.82, 2.24) is 29.1 Å². The molecule has 0 saturated carbocycles. The van der Waals surface area contributed by atoms with Crippen LogP contribution in [0.2, 0.25) is 0 Å². The number of pyridine rings is 2. The summed E-state index contributed by atoms with van der Waals surface area (Å²) in [4.78, 5) is 45.4. The fourth-order valence-electron chi connectivity index (χ4n) is 3.42. The zero-order valence-corrected chi connectivity index (χ0v) is 15.8. The number of hydrogen-bond donors (Lipinski definition) is 3. The number of carboxylic acids is 1. The van der Waals surface area contributed by atoms with Gasteiger partial charge in [-0.1, -0.05) is 0 Å². The topological polar surface area (TPSA) is 150 Å². The van der Waals surface area contributed by atoms with Gasteiger partial charge in [0.2, 0.25) is 10.6 Å². The number of carboxylic acid groups (broad SMARTS) is 1. The van der Waals surface area contributed by atoms with Crippen LogP contribution in [-0.4, -0.2) is 53.3 Å². The number of rotatable bonds is 4. The van der Waals surface area contributed by atoms with Crippen molar-refractivity contribution in [2.24, 2.45) is 0 Å². The number of halogens is 1. The van der Waals surface area contributed by atoms with E-state index in [1.54, 1.807) is 4.90 Å². The van der Waals surface area contributed by atoms with Crippen molar-refractivity contribution in [2.45, 2.75) is 5.92 Å². The Morgan fingerprint density at radius 2 is 2.07 bits per heavy atom. The summed E-state index contributed by atoms with van der Waals surface area (Å²) in [5, 5.41) is 14.7. The Labute approximate surface area is 169 Å². The molecule has 11 nitrogen and oxygen atoms in total. The van der Waals surface area contributed by atoms with Gasteiger partial charge < -0.3 is 15.1 Å². The largest absolute Gasteiger partial charge is 0.477 e. The van der Waals surface area contributed by atoms with Gasteiger partial charge in [0.15, 0.2) is 17.3 Å². The van der Waals surface area contributed by atoms with Crippen LogP contribution in [0.5, 0.6) is 0 Å². The summed E-state index contributed by atoms with van der Waals surface area (Å²) in [7, 11) is 0. The van der Waals surface area contributed by atoms with Gasteiger partial charge in [-0.25, -0.2) is 19.2 Å². The van der Waals surface area contributed by atoms with Crippen molar-refractivity contribution in [2.75, 3.05) is 18.0 Å². The van der Waals surface area contributed by atoms with E-state index in [9.17, 15) is 23.9 Å². The zero-order chi connectivity index (χ0) is 21.0. The fraction of sp³-hybridized carbons (Fsp3) is 0.176. The maximum Gasteiger partial charge on any atom is 0.341 e. The Morgan fingerprint density at radius 3 is 2.70 bits per heavy atom. The molecule has 1 fully saturated rings. The third-order valence-electron chi connectivity index (χ3n) is 4.94. The molecule has 30 heavy (non-hydrogen) atoms. The van der Waals surface area contributed by atoms with Gasteiger partial charge in [0.25, 0.3) is 5.56 Å². The molecule has 0 amide bonds. The molecule has 1 saturated heterocycles. The van der Waals surface area contributed by atoms with E-state index in [1.807, 2.05) is 0 Å². The van der Waals surface area contributed by atoms with Crippen LogP contribution in [0.3, 0.4) is 0 Å². The van der Waals surface area contributed by atoms with Crippen LogP contribution >= 0.6 is 11.5 Å². The summed E-state index contributed by atoms with van der Waals surface area (Å²) in [6.45, 7) is 0.832. The predicted molar refractivity (Wildman–Crippen MR) is 104 cm³/mol. The summed E-state index contributed by atoms with van der Waals surface area (Å²) < 4.78 is 20.0. The van der Waals surface area contributed by atoms with Crippen LogP contribution in [0.25, 0.3) is 16.2 Å². The quantitative estimate of drug-likeness (QED) is 0.429. The Bertz CT molecular complexity index is 1400. The second kappa shape index (κ2) is 6.59. The Morgan fingerprint density at radius 1 is 1.27 bits per heavy atom. The second-order valence-corrected chi connectivity index (χ2v) is 7.51. The summed E-state index contributed by atoms with van der Waals surface area (Å²) in [5.41, 5.74) is -0.797. The molecule has 1 aliphatic heterocycles. The highest BCUT2D eigenvalue weighted by Crippen LogP contribution is 2.32. The lowest BCUT2D eigenvalue weighted by molar-refractivity contribution is 0.0695. The highest BCUT2D eigenvalue weighted by molar-refractivity contribution is 7.08. The van der Waals surface area contributed by atoms with Crippen LogP contribution in [0.1, 0.15) is 22.0 Å². The monoisotopic (exact) mass is 429 g/mol. The van der Waals surface area contributed by atoms with Crippen molar-refractivity contribution in [3.05, 3.63) is 62.3 Å². The number of anilines is 1. The maximum absolute atomic E-state index is 14.8. The lowest BCUT2D eigenvalue weighted by Crippen LogP contribution is -2.46. The number of carbonyl (C=O) groups is 1. The minimum absolute atomic E-state index is 0.000545. The standard InChI is InChI=1S/C17H12FN7O4S/c18-10-1-8-13(27)9(16(28)29)5-25(17-19-6-20-30-17)14(8)21-15(10)24-3-7(4-24)11-2-12(26)23-22-11/h1-2,5-7H,3-4H2,(H,28,29)(H2,22,23,26). The van der Waals surface area contributed by atoms with E-state index < -0.39 is 22.8 Å². The van der Waals surface area contributed by atoms with Crippen molar-refractivity contribution >= 4 is 34.4 Å². The van der Waals surface area contributed by atoms with E-state index in [2.05, 4.69) is 24.5 Å². The number of aromatic amines is 2. The highest BCUT2D eigenvalue weighted by atomic mass is 32.1. The Hall–Kier alpha value is -3.87. The Balaban J connectivity index is 1.62. The van der Waals surface area contributed by atoms with Gasteiger partial charge >= 0.3 is 5.97 Å². The van der Waals surface area contributed by atoms with E-state index in [1.165, 1.54) is 17.0 Å². The minimum Gasteiger partial charge on any atom is -0.477 e. The van der Waals surface area contributed by atoms with Crippen LogP contribution in [0.15, 0.2) is 34.2 Å². The summed E-state index contributed by atoms with van der Waals surface area (Å²) in [6, 6.07) is 2.45. The van der Waals surface area contributed by atoms with Crippen molar-refractivity contribution in [3.63, 3.8) is 0 Å². The van der Waals surface area contributed by atoms with Crippen LogP contribution in [0.4, 0.5) is 10.2 Å². The van der Waals surface area contributed by atoms with Gasteiger partial charge in [-0.05, 0) is 6.07 Å². The number of aromatic carboxylic acids is 1. The first kappa shape index (κ1) is 18.2. The molecule has 152 valence electrons. The van der Waals surface area contributed by atoms with Crippen molar-refractivity contribution < 1.29 is 14.3 Å². The molecule has 0 aliphatic carbocycles. The number of fused-ring (bicyclic) bond motifs is 1. The number of nitrogens with zero attached hydrogens (tertiary/aromatic N) is 5. The van der Waals surface area contributed by atoms with Gasteiger partial charge in [-0.3, -0.25) is 19.3 Å². The molecular weight excluding hydrogens is 417 g/mol. The van der Waals surface area contributed by atoms with E-state index in [4.69, 9.17) is 0 Å². The summed E-state index contributed by atoms with van der Waals surface area (Å²) in [5.74, 6) is -2.15. The smallest absolute Gasteiger partial charge is 0.341 e. The molecule has 0 aromatic carbocycles. The second-order valence-electron chi connectivity index (χ2n) is 6.75. The van der Waals surface area contributed by atoms with E-state index in [0.29, 0.717) is 23.9 Å². The normalized spacial score (nSPS) is 14.2. The van der Waals surface area contributed by atoms with Crippen LogP contribution in [-0.2, 0) is 0 Å². The average Bonchev–Trinajstić information content (AvgIpc) is 3.34. The molecule has 4 aromatic heterocycles. The first-order valence-electron chi connectivity index (χ1n) is 8.71. The lowest BCUT2D eigenvalue weighted by atomic mass is 9.96. The summed E-state index contributed by atoms with van der Waals surface area (Å²) >= 11 is 0.978. The molecule has 13 heteroatoms. The zero-order valence-electron chi connectivity index (χ0n) is 15.0. The predicted octanol–water partition coefficient (Wildman–Crippen LogP) is 0.695.